The molecule has 1 amide bonds. The molecule has 0 radical (unpaired) electrons. The van der Waals surface area contributed by atoms with Crippen molar-refractivity contribution in [1.29, 1.82) is 0 Å². The highest BCUT2D eigenvalue weighted by atomic mass is 32.1. The molecule has 1 saturated heterocycles. The highest BCUT2D eigenvalue weighted by molar-refractivity contribution is 7.10. The molecule has 2 aromatic rings. The van der Waals surface area contributed by atoms with Crippen LogP contribution < -0.4 is 0 Å². The number of carbonyl (C=O) groups is 1. The molecule has 1 aromatic carbocycles. The fourth-order valence-electron chi connectivity index (χ4n) is 3.01. The molecule has 104 valence electrons. The van der Waals surface area contributed by atoms with Gasteiger partial charge >= 0.3 is 0 Å². The largest absolute Gasteiger partial charge is 0.335 e. The van der Waals surface area contributed by atoms with Gasteiger partial charge in [-0.25, -0.2) is 0 Å². The van der Waals surface area contributed by atoms with Crippen LogP contribution in [0.25, 0.3) is 0 Å². The Bertz CT molecular complexity index is 591. The van der Waals surface area contributed by atoms with Gasteiger partial charge in [-0.2, -0.15) is 0 Å². The minimum Gasteiger partial charge on any atom is -0.335 e. The fraction of sp³-hybridized carbons (Fsp3) is 0.353. The molecule has 20 heavy (non-hydrogen) atoms. The first kappa shape index (κ1) is 13.4. The van der Waals surface area contributed by atoms with Gasteiger partial charge in [0, 0.05) is 11.4 Å². The maximum atomic E-state index is 12.5. The SMILES string of the molecule is Cc1ccccc1C1CCCN1C(=O)Cc1cccs1. The lowest BCUT2D eigenvalue weighted by atomic mass is 9.99. The van der Waals surface area contributed by atoms with Crippen LogP contribution in [0, 0.1) is 6.92 Å². The van der Waals surface area contributed by atoms with Crippen LogP contribution in [0.3, 0.4) is 0 Å². The van der Waals surface area contributed by atoms with Gasteiger partial charge in [0.05, 0.1) is 12.5 Å². The minimum atomic E-state index is 0.262. The molecule has 0 saturated carbocycles. The van der Waals surface area contributed by atoms with Crippen LogP contribution >= 0.6 is 11.3 Å². The first-order valence-electron chi connectivity index (χ1n) is 7.13. The van der Waals surface area contributed by atoms with Gasteiger partial charge in [0.1, 0.15) is 0 Å². The molecule has 2 nitrogen and oxygen atoms in total. The van der Waals surface area contributed by atoms with E-state index in [-0.39, 0.29) is 11.9 Å². The topological polar surface area (TPSA) is 20.3 Å². The molecule has 1 aliphatic rings. The first-order valence-corrected chi connectivity index (χ1v) is 8.01. The molecule has 3 heteroatoms. The summed E-state index contributed by atoms with van der Waals surface area (Å²) in [5.41, 5.74) is 2.60. The van der Waals surface area contributed by atoms with Gasteiger partial charge in [0.25, 0.3) is 0 Å². The van der Waals surface area contributed by atoms with Crippen LogP contribution in [0.1, 0.15) is 34.9 Å². The molecule has 0 bridgehead atoms. The van der Waals surface area contributed by atoms with Gasteiger partial charge in [0.2, 0.25) is 5.91 Å². The molecule has 2 heterocycles. The molecular formula is C17H19NOS. The fourth-order valence-corrected chi connectivity index (χ4v) is 3.71. The zero-order valence-electron chi connectivity index (χ0n) is 11.7. The average molecular weight is 285 g/mol. The molecule has 1 aliphatic heterocycles. The minimum absolute atomic E-state index is 0.262. The predicted molar refractivity (Wildman–Crippen MR) is 82.9 cm³/mol. The van der Waals surface area contributed by atoms with Crippen LogP contribution in [-0.4, -0.2) is 17.4 Å². The van der Waals surface area contributed by atoms with Crippen LogP contribution in [0.4, 0.5) is 0 Å². The molecule has 0 spiro atoms. The van der Waals surface area contributed by atoms with E-state index in [0.29, 0.717) is 6.42 Å². The van der Waals surface area contributed by atoms with Crippen molar-refractivity contribution in [2.75, 3.05) is 6.54 Å². The Kier molecular flexibility index (Phi) is 3.88. The summed E-state index contributed by atoms with van der Waals surface area (Å²) < 4.78 is 0. The number of hydrogen-bond donors (Lipinski definition) is 0. The van der Waals surface area contributed by atoms with E-state index in [4.69, 9.17) is 0 Å². The van der Waals surface area contributed by atoms with Gasteiger partial charge in [-0.1, -0.05) is 30.3 Å². The van der Waals surface area contributed by atoms with Gasteiger partial charge in [-0.15, -0.1) is 11.3 Å². The van der Waals surface area contributed by atoms with E-state index in [1.807, 2.05) is 17.5 Å². The molecule has 1 atom stereocenters. The monoisotopic (exact) mass is 285 g/mol. The predicted octanol–water partition coefficient (Wildman–Crippen LogP) is 3.96. The molecule has 0 N–H and O–H groups in total. The van der Waals surface area contributed by atoms with Crippen molar-refractivity contribution < 1.29 is 4.79 Å². The van der Waals surface area contributed by atoms with Crippen LogP contribution in [-0.2, 0) is 11.2 Å². The smallest absolute Gasteiger partial charge is 0.228 e. The Morgan fingerprint density at radius 3 is 2.90 bits per heavy atom. The van der Waals surface area contributed by atoms with Crippen molar-refractivity contribution in [3.63, 3.8) is 0 Å². The van der Waals surface area contributed by atoms with Crippen molar-refractivity contribution in [3.8, 4) is 0 Å². The number of hydrogen-bond acceptors (Lipinski definition) is 2. The highest BCUT2D eigenvalue weighted by Gasteiger charge is 2.30. The lowest BCUT2D eigenvalue weighted by molar-refractivity contribution is -0.131. The Labute approximate surface area is 124 Å². The average Bonchev–Trinajstić information content (AvgIpc) is 3.09. The number of aryl methyl sites for hydroxylation is 1. The number of rotatable bonds is 3. The Morgan fingerprint density at radius 2 is 2.15 bits per heavy atom. The number of amides is 1. The molecule has 1 aromatic heterocycles. The Balaban J connectivity index is 1.79. The Morgan fingerprint density at radius 1 is 1.30 bits per heavy atom. The maximum absolute atomic E-state index is 12.5. The summed E-state index contributed by atoms with van der Waals surface area (Å²) >= 11 is 1.66. The lowest BCUT2D eigenvalue weighted by Gasteiger charge is -2.26. The number of benzene rings is 1. The van der Waals surface area contributed by atoms with E-state index >= 15 is 0 Å². The molecule has 3 rings (SSSR count). The lowest BCUT2D eigenvalue weighted by Crippen LogP contribution is -2.31. The number of nitrogens with zero attached hydrogens (tertiary/aromatic N) is 1. The third-order valence-corrected chi connectivity index (χ3v) is 4.90. The van der Waals surface area contributed by atoms with Gasteiger partial charge in [-0.3, -0.25) is 4.79 Å². The normalized spacial score (nSPS) is 18.4. The summed E-state index contributed by atoms with van der Waals surface area (Å²) in [7, 11) is 0. The maximum Gasteiger partial charge on any atom is 0.228 e. The van der Waals surface area contributed by atoms with E-state index in [0.717, 1.165) is 24.3 Å². The second-order valence-electron chi connectivity index (χ2n) is 5.36. The highest BCUT2D eigenvalue weighted by Crippen LogP contribution is 2.34. The summed E-state index contributed by atoms with van der Waals surface area (Å²) in [6.45, 7) is 3.03. The zero-order valence-corrected chi connectivity index (χ0v) is 12.5. The number of carbonyl (C=O) groups excluding carboxylic acids is 1. The summed E-state index contributed by atoms with van der Waals surface area (Å²) in [5.74, 6) is 0.262. The van der Waals surface area contributed by atoms with Crippen molar-refractivity contribution >= 4 is 17.2 Å². The second kappa shape index (κ2) is 5.80. The summed E-state index contributed by atoms with van der Waals surface area (Å²) in [5, 5.41) is 2.03. The molecule has 1 unspecified atom stereocenters. The van der Waals surface area contributed by atoms with Gasteiger partial charge in [0.15, 0.2) is 0 Å². The molecule has 0 aliphatic carbocycles. The van der Waals surface area contributed by atoms with Crippen molar-refractivity contribution in [2.45, 2.75) is 32.2 Å². The molecular weight excluding hydrogens is 266 g/mol. The van der Waals surface area contributed by atoms with Crippen molar-refractivity contribution in [3.05, 3.63) is 57.8 Å². The van der Waals surface area contributed by atoms with Crippen molar-refractivity contribution in [1.82, 2.24) is 4.90 Å². The van der Waals surface area contributed by atoms with E-state index < -0.39 is 0 Å². The number of likely N-dealkylation sites (tertiary alicyclic amines) is 1. The van der Waals surface area contributed by atoms with E-state index in [2.05, 4.69) is 36.1 Å². The number of thiophene rings is 1. The zero-order chi connectivity index (χ0) is 13.9. The van der Waals surface area contributed by atoms with E-state index in [9.17, 15) is 4.79 Å². The standard InChI is InChI=1S/C17H19NOS/c1-13-6-2-3-8-15(13)16-9-4-10-18(16)17(19)12-14-7-5-11-20-14/h2-3,5-8,11,16H,4,9-10,12H2,1H3. The Hall–Kier alpha value is -1.61. The summed E-state index contributed by atoms with van der Waals surface area (Å²) in [6.07, 6.45) is 2.73. The quantitative estimate of drug-likeness (QED) is 0.836. The van der Waals surface area contributed by atoms with E-state index in [1.165, 1.54) is 11.1 Å². The summed E-state index contributed by atoms with van der Waals surface area (Å²) in [4.78, 5) is 15.8. The van der Waals surface area contributed by atoms with Gasteiger partial charge in [-0.05, 0) is 42.3 Å². The van der Waals surface area contributed by atoms with Crippen LogP contribution in [0.5, 0.6) is 0 Å². The second-order valence-corrected chi connectivity index (χ2v) is 6.39. The third kappa shape index (κ3) is 2.63. The van der Waals surface area contributed by atoms with Gasteiger partial charge < -0.3 is 4.90 Å². The molecule has 1 fully saturated rings. The summed E-state index contributed by atoms with van der Waals surface area (Å²) in [6, 6.07) is 12.8. The first-order chi connectivity index (χ1) is 9.75. The van der Waals surface area contributed by atoms with Crippen LogP contribution in [0.15, 0.2) is 41.8 Å². The van der Waals surface area contributed by atoms with E-state index in [1.54, 1.807) is 11.3 Å². The van der Waals surface area contributed by atoms with Crippen LogP contribution in [0.2, 0.25) is 0 Å². The van der Waals surface area contributed by atoms with Crippen molar-refractivity contribution in [2.24, 2.45) is 0 Å². The third-order valence-electron chi connectivity index (χ3n) is 4.03.